The maximum atomic E-state index is 6.12. The zero-order chi connectivity index (χ0) is 15.6. The van der Waals surface area contributed by atoms with Crippen LogP contribution in [0.3, 0.4) is 0 Å². The monoisotopic (exact) mass is 346 g/mol. The van der Waals surface area contributed by atoms with Crippen LogP contribution in [0.1, 0.15) is 47.6 Å². The zero-order valence-corrected chi connectivity index (χ0v) is 15.0. The third-order valence-corrected chi connectivity index (χ3v) is 4.30. The van der Waals surface area contributed by atoms with Gasteiger partial charge < -0.3 is 4.74 Å². The molecule has 0 aliphatic rings. The van der Waals surface area contributed by atoms with Crippen LogP contribution in [0.4, 0.5) is 0 Å². The highest BCUT2D eigenvalue weighted by Crippen LogP contribution is 2.30. The Morgan fingerprint density at radius 1 is 1.00 bits per heavy atom. The minimum atomic E-state index is 0.442. The van der Waals surface area contributed by atoms with Crippen molar-refractivity contribution in [2.45, 2.75) is 47.1 Å². The van der Waals surface area contributed by atoms with E-state index in [0.29, 0.717) is 12.5 Å². The number of halogens is 1. The summed E-state index contributed by atoms with van der Waals surface area (Å²) in [5.74, 6) is 1.42. The van der Waals surface area contributed by atoms with Gasteiger partial charge in [-0.3, -0.25) is 0 Å². The van der Waals surface area contributed by atoms with Crippen LogP contribution in [-0.2, 0) is 6.61 Å². The molecule has 2 rings (SSSR count). The van der Waals surface area contributed by atoms with E-state index in [0.717, 1.165) is 10.2 Å². The van der Waals surface area contributed by atoms with Crippen LogP contribution < -0.4 is 4.74 Å². The predicted octanol–water partition coefficient (Wildman–Crippen LogP) is 6.08. The van der Waals surface area contributed by atoms with Crippen LogP contribution in [0.2, 0.25) is 0 Å². The molecule has 0 radical (unpaired) electrons. The smallest absolute Gasteiger partial charge is 0.123 e. The first kappa shape index (κ1) is 16.1. The second-order valence-electron chi connectivity index (χ2n) is 6.00. The summed E-state index contributed by atoms with van der Waals surface area (Å²) in [6.45, 7) is 11.5. The van der Waals surface area contributed by atoms with Gasteiger partial charge in [0.1, 0.15) is 12.4 Å². The molecule has 0 aliphatic carbocycles. The maximum Gasteiger partial charge on any atom is 0.123 e. The summed E-state index contributed by atoms with van der Waals surface area (Å²) in [5.41, 5.74) is 6.44. The van der Waals surface area contributed by atoms with Crippen molar-refractivity contribution in [2.75, 3.05) is 0 Å². The Kier molecular flexibility index (Phi) is 5.10. The molecule has 2 aromatic carbocycles. The highest BCUT2D eigenvalue weighted by Gasteiger charge is 2.10. The van der Waals surface area contributed by atoms with Gasteiger partial charge in [0, 0.05) is 4.47 Å². The second kappa shape index (κ2) is 6.65. The predicted molar refractivity (Wildman–Crippen MR) is 93.2 cm³/mol. The molecule has 0 aromatic heterocycles. The molecule has 112 valence electrons. The van der Waals surface area contributed by atoms with Gasteiger partial charge in [-0.25, -0.2) is 0 Å². The Balaban J connectivity index is 2.25. The molecule has 2 aromatic rings. The van der Waals surface area contributed by atoms with Gasteiger partial charge >= 0.3 is 0 Å². The lowest BCUT2D eigenvalue weighted by molar-refractivity contribution is 0.300. The van der Waals surface area contributed by atoms with E-state index in [4.69, 9.17) is 4.74 Å². The van der Waals surface area contributed by atoms with Crippen molar-refractivity contribution in [3.8, 4) is 5.75 Å². The number of ether oxygens (including phenoxy) is 1. The topological polar surface area (TPSA) is 9.23 Å². The third kappa shape index (κ3) is 3.88. The molecule has 0 fully saturated rings. The first-order chi connectivity index (χ1) is 9.88. The average Bonchev–Trinajstić information content (AvgIpc) is 2.38. The molecule has 0 heterocycles. The second-order valence-corrected chi connectivity index (χ2v) is 6.92. The molecule has 1 nitrogen and oxygen atoms in total. The Labute approximate surface area is 136 Å². The van der Waals surface area contributed by atoms with Crippen molar-refractivity contribution in [3.63, 3.8) is 0 Å². The fourth-order valence-corrected chi connectivity index (χ4v) is 3.07. The molecule has 0 unspecified atom stereocenters. The first-order valence-electron chi connectivity index (χ1n) is 7.37. The quantitative estimate of drug-likeness (QED) is 0.651. The van der Waals surface area contributed by atoms with Crippen LogP contribution in [0.25, 0.3) is 0 Å². The van der Waals surface area contributed by atoms with Crippen LogP contribution in [0, 0.1) is 20.8 Å². The zero-order valence-electron chi connectivity index (χ0n) is 13.5. The van der Waals surface area contributed by atoms with Gasteiger partial charge in [-0.05, 0) is 67.1 Å². The van der Waals surface area contributed by atoms with E-state index in [2.05, 4.69) is 74.8 Å². The van der Waals surface area contributed by atoms with E-state index in [1.807, 2.05) is 6.07 Å². The van der Waals surface area contributed by atoms with Gasteiger partial charge in [0.05, 0.1) is 0 Å². The summed E-state index contributed by atoms with van der Waals surface area (Å²) in [5, 5.41) is 0. The lowest BCUT2D eigenvalue weighted by Gasteiger charge is -2.17. The summed E-state index contributed by atoms with van der Waals surface area (Å²) in [6.07, 6.45) is 0. The molecular weight excluding hydrogens is 324 g/mol. The summed E-state index contributed by atoms with van der Waals surface area (Å²) in [4.78, 5) is 0. The molecule has 2 heteroatoms. The summed E-state index contributed by atoms with van der Waals surface area (Å²) < 4.78 is 7.22. The lowest BCUT2D eigenvalue weighted by atomic mass is 10.00. The van der Waals surface area contributed by atoms with E-state index >= 15 is 0 Å². The Bertz CT molecular complexity index is 621. The van der Waals surface area contributed by atoms with Crippen molar-refractivity contribution in [3.05, 3.63) is 62.6 Å². The van der Waals surface area contributed by atoms with Gasteiger partial charge in [-0.1, -0.05) is 47.5 Å². The molecule has 0 amide bonds. The number of hydrogen-bond acceptors (Lipinski definition) is 1. The van der Waals surface area contributed by atoms with Gasteiger partial charge in [-0.2, -0.15) is 0 Å². The van der Waals surface area contributed by atoms with E-state index < -0.39 is 0 Å². The highest BCUT2D eigenvalue weighted by molar-refractivity contribution is 9.10. The Morgan fingerprint density at radius 2 is 1.62 bits per heavy atom. The van der Waals surface area contributed by atoms with Gasteiger partial charge in [0.2, 0.25) is 0 Å². The Morgan fingerprint density at radius 3 is 2.19 bits per heavy atom. The van der Waals surface area contributed by atoms with E-state index in [9.17, 15) is 0 Å². The Hall–Kier alpha value is -1.28. The van der Waals surface area contributed by atoms with E-state index in [-0.39, 0.29) is 0 Å². The van der Waals surface area contributed by atoms with Crippen molar-refractivity contribution >= 4 is 15.9 Å². The van der Waals surface area contributed by atoms with Gasteiger partial charge in [0.15, 0.2) is 0 Å². The molecule has 0 saturated heterocycles. The van der Waals surface area contributed by atoms with Crippen LogP contribution in [0.5, 0.6) is 5.75 Å². The standard InChI is InChI=1S/C19H23BrO/c1-12(2)17-10-16(20)6-7-19(17)21-11-18-14(4)8-13(3)9-15(18)5/h6-10,12H,11H2,1-5H3. The molecule has 0 atom stereocenters. The van der Waals surface area contributed by atoms with Crippen molar-refractivity contribution < 1.29 is 4.74 Å². The lowest BCUT2D eigenvalue weighted by Crippen LogP contribution is -2.03. The minimum Gasteiger partial charge on any atom is -0.489 e. The number of benzene rings is 2. The van der Waals surface area contributed by atoms with Crippen molar-refractivity contribution in [2.24, 2.45) is 0 Å². The van der Waals surface area contributed by atoms with Crippen LogP contribution >= 0.6 is 15.9 Å². The molecule has 0 N–H and O–H groups in total. The molecule has 0 aliphatic heterocycles. The number of aryl methyl sites for hydroxylation is 3. The highest BCUT2D eigenvalue weighted by atomic mass is 79.9. The van der Waals surface area contributed by atoms with Crippen molar-refractivity contribution in [1.29, 1.82) is 0 Å². The fraction of sp³-hybridized carbons (Fsp3) is 0.368. The third-order valence-electron chi connectivity index (χ3n) is 3.81. The molecular formula is C19H23BrO. The largest absolute Gasteiger partial charge is 0.489 e. The molecule has 0 bridgehead atoms. The molecule has 21 heavy (non-hydrogen) atoms. The number of rotatable bonds is 4. The molecule has 0 spiro atoms. The summed E-state index contributed by atoms with van der Waals surface area (Å²) in [6, 6.07) is 10.7. The van der Waals surface area contributed by atoms with Gasteiger partial charge in [-0.15, -0.1) is 0 Å². The fourth-order valence-electron chi connectivity index (χ4n) is 2.69. The summed E-state index contributed by atoms with van der Waals surface area (Å²) in [7, 11) is 0. The van der Waals surface area contributed by atoms with E-state index in [1.165, 1.54) is 27.8 Å². The maximum absolute atomic E-state index is 6.12. The first-order valence-corrected chi connectivity index (χ1v) is 8.16. The van der Waals surface area contributed by atoms with Crippen molar-refractivity contribution in [1.82, 2.24) is 0 Å². The normalized spacial score (nSPS) is 11.0. The molecule has 0 saturated carbocycles. The van der Waals surface area contributed by atoms with E-state index in [1.54, 1.807) is 0 Å². The average molecular weight is 347 g/mol. The minimum absolute atomic E-state index is 0.442. The summed E-state index contributed by atoms with van der Waals surface area (Å²) >= 11 is 3.54. The number of hydrogen-bond donors (Lipinski definition) is 0. The van der Waals surface area contributed by atoms with Crippen LogP contribution in [-0.4, -0.2) is 0 Å². The van der Waals surface area contributed by atoms with Gasteiger partial charge in [0.25, 0.3) is 0 Å². The van der Waals surface area contributed by atoms with Crippen LogP contribution in [0.15, 0.2) is 34.8 Å². The SMILES string of the molecule is Cc1cc(C)c(COc2ccc(Br)cc2C(C)C)c(C)c1.